The molecule has 0 atom stereocenters. The van der Waals surface area contributed by atoms with Crippen molar-refractivity contribution in [3.05, 3.63) is 16.3 Å². The number of carbonyl (C=O) groups is 1. The minimum absolute atomic E-state index is 0.0555. The first-order valence-corrected chi connectivity index (χ1v) is 7.69. The molecule has 0 amide bonds. The third-order valence-corrected chi connectivity index (χ3v) is 4.32. The molecule has 0 unspecified atom stereocenters. The van der Waals surface area contributed by atoms with Crippen LogP contribution in [-0.4, -0.2) is 27.2 Å². The van der Waals surface area contributed by atoms with E-state index < -0.39 is 16.0 Å². The number of thiophene rings is 1. The zero-order valence-corrected chi connectivity index (χ0v) is 11.4. The molecule has 17 heavy (non-hydrogen) atoms. The van der Waals surface area contributed by atoms with Gasteiger partial charge in [0.2, 0.25) is 10.0 Å². The monoisotopic (exact) mass is 277 g/mol. The van der Waals surface area contributed by atoms with Crippen LogP contribution < -0.4 is 4.72 Å². The van der Waals surface area contributed by atoms with Gasteiger partial charge in [-0.2, -0.15) is 0 Å². The van der Waals surface area contributed by atoms with Crippen LogP contribution in [0.1, 0.15) is 29.4 Å². The molecule has 0 spiro atoms. The Morgan fingerprint density at radius 3 is 2.82 bits per heavy atom. The van der Waals surface area contributed by atoms with Crippen LogP contribution in [0, 0.1) is 0 Å². The van der Waals surface area contributed by atoms with Crippen molar-refractivity contribution in [1.82, 2.24) is 0 Å². The van der Waals surface area contributed by atoms with Crippen molar-refractivity contribution in [2.24, 2.45) is 0 Å². The van der Waals surface area contributed by atoms with Gasteiger partial charge in [0.1, 0.15) is 4.88 Å². The van der Waals surface area contributed by atoms with E-state index in [4.69, 9.17) is 0 Å². The highest BCUT2D eigenvalue weighted by Crippen LogP contribution is 2.24. The summed E-state index contributed by atoms with van der Waals surface area (Å²) in [5.41, 5.74) is 0.290. The Hall–Kier alpha value is -1.08. The Kier molecular flexibility index (Phi) is 4.95. The summed E-state index contributed by atoms with van der Waals surface area (Å²) >= 11 is 1.15. The minimum atomic E-state index is -3.38. The molecule has 0 saturated carbocycles. The van der Waals surface area contributed by atoms with Crippen LogP contribution >= 0.6 is 11.3 Å². The lowest BCUT2D eigenvalue weighted by molar-refractivity contribution is 0.0607. The maximum absolute atomic E-state index is 11.7. The Morgan fingerprint density at radius 1 is 1.53 bits per heavy atom. The molecule has 0 aliphatic heterocycles. The summed E-state index contributed by atoms with van der Waals surface area (Å²) in [5, 5.41) is 1.64. The van der Waals surface area contributed by atoms with E-state index in [0.29, 0.717) is 6.42 Å². The third kappa shape index (κ3) is 4.01. The van der Waals surface area contributed by atoms with Crippen LogP contribution in [-0.2, 0) is 14.8 Å². The summed E-state index contributed by atoms with van der Waals surface area (Å²) in [5.74, 6) is -0.479. The highest BCUT2D eigenvalue weighted by atomic mass is 32.2. The van der Waals surface area contributed by atoms with Gasteiger partial charge in [-0.15, -0.1) is 11.3 Å². The average Bonchev–Trinajstić information content (AvgIpc) is 2.72. The standard InChI is InChI=1S/C10H15NO4S2/c1-3-4-7-17(13,14)11-8-5-6-16-9(8)10(12)15-2/h5-6,11H,3-4,7H2,1-2H3. The van der Waals surface area contributed by atoms with E-state index in [0.717, 1.165) is 17.8 Å². The fraction of sp³-hybridized carbons (Fsp3) is 0.500. The van der Waals surface area contributed by atoms with E-state index in [1.807, 2.05) is 6.92 Å². The molecule has 0 aliphatic rings. The lowest BCUT2D eigenvalue weighted by Gasteiger charge is -2.07. The Morgan fingerprint density at radius 2 is 2.24 bits per heavy atom. The first-order chi connectivity index (χ1) is 8.00. The smallest absolute Gasteiger partial charge is 0.350 e. The van der Waals surface area contributed by atoms with Crippen molar-refractivity contribution in [2.45, 2.75) is 19.8 Å². The van der Waals surface area contributed by atoms with Gasteiger partial charge in [0.25, 0.3) is 0 Å². The lowest BCUT2D eigenvalue weighted by Crippen LogP contribution is -2.17. The van der Waals surface area contributed by atoms with Crippen LogP contribution in [0.15, 0.2) is 11.4 Å². The van der Waals surface area contributed by atoms with Gasteiger partial charge in [0.05, 0.1) is 18.6 Å². The van der Waals surface area contributed by atoms with Crippen LogP contribution in [0.2, 0.25) is 0 Å². The highest BCUT2D eigenvalue weighted by Gasteiger charge is 2.18. The largest absolute Gasteiger partial charge is 0.465 e. The number of nitrogens with one attached hydrogen (secondary N) is 1. The molecular weight excluding hydrogens is 262 g/mol. The van der Waals surface area contributed by atoms with Crippen molar-refractivity contribution in [3.63, 3.8) is 0 Å². The second-order valence-corrected chi connectivity index (χ2v) is 6.19. The van der Waals surface area contributed by atoms with Gasteiger partial charge in [-0.1, -0.05) is 13.3 Å². The van der Waals surface area contributed by atoms with E-state index >= 15 is 0 Å². The summed E-state index contributed by atoms with van der Waals surface area (Å²) in [7, 11) is -2.12. The quantitative estimate of drug-likeness (QED) is 0.808. The van der Waals surface area contributed by atoms with Crippen LogP contribution in [0.4, 0.5) is 5.69 Å². The van der Waals surface area contributed by atoms with Crippen LogP contribution in [0.3, 0.4) is 0 Å². The molecule has 0 aromatic carbocycles. The SMILES string of the molecule is CCCCS(=O)(=O)Nc1ccsc1C(=O)OC. The Bertz CT molecular complexity index is 478. The number of carbonyl (C=O) groups excluding carboxylic acids is 1. The molecule has 0 radical (unpaired) electrons. The third-order valence-electron chi connectivity index (χ3n) is 2.07. The molecule has 96 valence electrons. The van der Waals surface area contributed by atoms with Crippen molar-refractivity contribution in [1.29, 1.82) is 0 Å². The fourth-order valence-corrected chi connectivity index (χ4v) is 3.30. The molecule has 0 fully saturated rings. The lowest BCUT2D eigenvalue weighted by atomic mass is 10.4. The number of esters is 1. The van der Waals surface area contributed by atoms with Gasteiger partial charge < -0.3 is 4.74 Å². The van der Waals surface area contributed by atoms with Crippen LogP contribution in [0.25, 0.3) is 0 Å². The van der Waals surface area contributed by atoms with E-state index in [1.54, 1.807) is 11.4 Å². The number of hydrogen-bond acceptors (Lipinski definition) is 5. The number of methoxy groups -OCH3 is 1. The summed E-state index contributed by atoms with van der Waals surface area (Å²) in [6, 6.07) is 1.56. The topological polar surface area (TPSA) is 72.5 Å². The predicted octanol–water partition coefficient (Wildman–Crippen LogP) is 2.08. The first kappa shape index (κ1) is 14.0. The number of sulfonamides is 1. The number of ether oxygens (including phenoxy) is 1. The van der Waals surface area contributed by atoms with Gasteiger partial charge >= 0.3 is 5.97 Å². The molecule has 7 heteroatoms. The van der Waals surface area contributed by atoms with E-state index in [1.165, 1.54) is 7.11 Å². The molecule has 1 heterocycles. The van der Waals surface area contributed by atoms with Crippen LogP contribution in [0.5, 0.6) is 0 Å². The van der Waals surface area contributed by atoms with Gasteiger partial charge in [0.15, 0.2) is 0 Å². The maximum atomic E-state index is 11.7. The molecule has 1 aromatic heterocycles. The zero-order chi connectivity index (χ0) is 12.9. The Labute approximate surface area is 105 Å². The molecule has 1 N–H and O–H groups in total. The van der Waals surface area contributed by atoms with Gasteiger partial charge in [-0.25, -0.2) is 13.2 Å². The normalized spacial score (nSPS) is 11.2. The molecule has 0 aliphatic carbocycles. The number of unbranched alkanes of at least 4 members (excludes halogenated alkanes) is 1. The van der Waals surface area contributed by atoms with E-state index in [-0.39, 0.29) is 16.3 Å². The summed E-state index contributed by atoms with van der Waals surface area (Å²) in [6.45, 7) is 1.92. The van der Waals surface area contributed by atoms with Crippen molar-refractivity contribution in [2.75, 3.05) is 17.6 Å². The molecular formula is C10H15NO4S2. The van der Waals surface area contributed by atoms with Crippen molar-refractivity contribution >= 4 is 33.0 Å². The van der Waals surface area contributed by atoms with E-state index in [2.05, 4.69) is 9.46 Å². The summed E-state index contributed by atoms with van der Waals surface area (Å²) in [4.78, 5) is 11.6. The fourth-order valence-electron chi connectivity index (χ4n) is 1.19. The average molecular weight is 277 g/mol. The first-order valence-electron chi connectivity index (χ1n) is 5.16. The molecule has 5 nitrogen and oxygen atoms in total. The number of hydrogen-bond donors (Lipinski definition) is 1. The second-order valence-electron chi connectivity index (χ2n) is 3.43. The molecule has 0 saturated heterocycles. The Balaban J connectivity index is 2.82. The second kappa shape index (κ2) is 6.02. The van der Waals surface area contributed by atoms with Gasteiger partial charge in [0, 0.05) is 0 Å². The zero-order valence-electron chi connectivity index (χ0n) is 9.73. The predicted molar refractivity (Wildman–Crippen MR) is 68.0 cm³/mol. The molecule has 1 aromatic rings. The minimum Gasteiger partial charge on any atom is -0.465 e. The van der Waals surface area contributed by atoms with Crippen molar-refractivity contribution in [3.8, 4) is 0 Å². The number of anilines is 1. The van der Waals surface area contributed by atoms with E-state index in [9.17, 15) is 13.2 Å². The molecule has 1 rings (SSSR count). The van der Waals surface area contributed by atoms with Crippen molar-refractivity contribution < 1.29 is 17.9 Å². The summed E-state index contributed by atoms with van der Waals surface area (Å²) < 4.78 is 30.3. The summed E-state index contributed by atoms with van der Waals surface area (Å²) in [6.07, 6.45) is 1.39. The highest BCUT2D eigenvalue weighted by molar-refractivity contribution is 7.92. The van der Waals surface area contributed by atoms with Gasteiger partial charge in [-0.3, -0.25) is 4.72 Å². The van der Waals surface area contributed by atoms with Gasteiger partial charge in [-0.05, 0) is 17.9 Å². The maximum Gasteiger partial charge on any atom is 0.350 e. The number of rotatable bonds is 6. The molecule has 0 bridgehead atoms.